The molecule has 2 amide bonds. The number of aromatic nitrogens is 6. The Morgan fingerprint density at radius 3 is 1.47 bits per heavy atom. The zero-order valence-electron chi connectivity index (χ0n) is 40.4. The molecule has 4 bridgehead atoms. The standard InChI is InChI=1S/C29H30N6O2.C27H26N6O2/c1-4-24(36)35-20-16-23(34(17-20)18(2)3)26(35)29-32-25(27-28(30)31-14-15-33(27)29)19-10-12-22(13-11-19)37-21-8-6-5-7-9-21;1-3-22(34)33-18-15-21(31(2)16-18)24(33)27-30-23(25-26(28)29-13-14-32(25)27)17-9-11-20(12-10-17)35-19-7-5-4-6-8-19/h4-15,18,20,23,26H,1,16-17H2,2-3H3,(H2,30,31);3-14,18,21,24H,1,15-16H2,2H3,(H2,28,29)/t20?,23-,26?;18?,21-,24?/m00/s1. The number of anilines is 2. The number of hydrogen-bond acceptors (Lipinski definition) is 12. The molecule has 4 aliphatic heterocycles. The zero-order valence-corrected chi connectivity index (χ0v) is 40.4. The van der Waals surface area contributed by atoms with Crippen molar-refractivity contribution in [1.82, 2.24) is 48.3 Å². The molecule has 4 N–H and O–H groups in total. The Morgan fingerprint density at radius 2 is 1.03 bits per heavy atom. The first kappa shape index (κ1) is 46.1. The van der Waals surface area contributed by atoms with Crippen LogP contribution in [0.2, 0.25) is 0 Å². The van der Waals surface area contributed by atoms with Crippen LogP contribution in [0.3, 0.4) is 0 Å². The van der Waals surface area contributed by atoms with Gasteiger partial charge in [0.25, 0.3) is 0 Å². The number of likely N-dealkylation sites (tertiary alicyclic amines) is 4. The van der Waals surface area contributed by atoms with Crippen LogP contribution < -0.4 is 20.9 Å². The summed E-state index contributed by atoms with van der Waals surface area (Å²) >= 11 is 0. The summed E-state index contributed by atoms with van der Waals surface area (Å²) in [6.45, 7) is 13.6. The molecule has 16 heteroatoms. The summed E-state index contributed by atoms with van der Waals surface area (Å²) in [5, 5.41) is 0. The number of carbonyl (C=O) groups excluding carboxylic acids is 2. The smallest absolute Gasteiger partial charge is 0.246 e. The first-order chi connectivity index (χ1) is 35.0. The van der Waals surface area contributed by atoms with E-state index in [1.165, 1.54) is 12.2 Å². The number of para-hydroxylation sites is 2. The SMILES string of the molecule is C=CC(=O)N1C2C[C@@H](C1c1nc(-c3ccc(Oc4ccccc4)cc3)c3c(N)nccn13)N(C(C)C)C2.C=CC(=O)N1C2C[C@@H](C1c1nc(-c3ccc(Oc4ccccc4)cc3)c3c(N)nccn13)N(C)C2. The first-order valence-electron chi connectivity index (χ1n) is 24.3. The molecule has 0 aliphatic carbocycles. The monoisotopic (exact) mass is 960 g/mol. The van der Waals surface area contributed by atoms with Crippen LogP contribution in [0.25, 0.3) is 33.5 Å². The number of fused-ring (bicyclic) bond motifs is 6. The molecule has 4 aromatic carbocycles. The van der Waals surface area contributed by atoms with E-state index in [9.17, 15) is 9.59 Å². The van der Waals surface area contributed by atoms with Gasteiger partial charge in [-0.3, -0.25) is 28.2 Å². The van der Waals surface area contributed by atoms with E-state index in [4.69, 9.17) is 30.9 Å². The van der Waals surface area contributed by atoms with Crippen LogP contribution >= 0.6 is 0 Å². The van der Waals surface area contributed by atoms with Crippen molar-refractivity contribution in [2.24, 2.45) is 0 Å². The average Bonchev–Trinajstić information content (AvgIpc) is 4.27. The number of ether oxygens (including phenoxy) is 2. The van der Waals surface area contributed by atoms with Gasteiger partial charge in [-0.2, -0.15) is 0 Å². The van der Waals surface area contributed by atoms with Crippen LogP contribution in [0.1, 0.15) is 50.4 Å². The molecule has 72 heavy (non-hydrogen) atoms. The summed E-state index contributed by atoms with van der Waals surface area (Å²) in [5.74, 6) is 5.23. The number of amides is 2. The number of nitrogens with zero attached hydrogens (tertiary/aromatic N) is 10. The third-order valence-corrected chi connectivity index (χ3v) is 14.5. The van der Waals surface area contributed by atoms with Gasteiger partial charge in [-0.15, -0.1) is 0 Å². The highest BCUT2D eigenvalue weighted by Gasteiger charge is 2.55. The lowest BCUT2D eigenvalue weighted by Gasteiger charge is -2.41. The van der Waals surface area contributed by atoms with Crippen LogP contribution in [0, 0.1) is 0 Å². The maximum atomic E-state index is 13.0. The maximum absolute atomic E-state index is 13.0. The van der Waals surface area contributed by atoms with Crippen LogP contribution in [0.5, 0.6) is 23.0 Å². The Labute approximate surface area is 417 Å². The Hall–Kier alpha value is -8.34. The molecule has 364 valence electrons. The summed E-state index contributed by atoms with van der Waals surface area (Å²) < 4.78 is 15.9. The van der Waals surface area contributed by atoms with Crippen LogP contribution in [-0.4, -0.2) is 110 Å². The third-order valence-electron chi connectivity index (χ3n) is 14.5. The topological polar surface area (TPSA) is 178 Å². The highest BCUT2D eigenvalue weighted by atomic mass is 16.5. The van der Waals surface area contributed by atoms with E-state index in [2.05, 4.69) is 53.8 Å². The lowest BCUT2D eigenvalue weighted by molar-refractivity contribution is -0.132. The van der Waals surface area contributed by atoms with Crippen LogP contribution in [0.4, 0.5) is 11.6 Å². The summed E-state index contributed by atoms with van der Waals surface area (Å²) in [4.78, 5) is 53.5. The second-order valence-electron chi connectivity index (χ2n) is 19.0. The van der Waals surface area contributed by atoms with Gasteiger partial charge >= 0.3 is 0 Å². The molecule has 6 atom stereocenters. The van der Waals surface area contributed by atoms with Gasteiger partial charge < -0.3 is 30.7 Å². The summed E-state index contributed by atoms with van der Waals surface area (Å²) in [7, 11) is 2.10. The van der Waals surface area contributed by atoms with Crippen molar-refractivity contribution in [3.63, 3.8) is 0 Å². The van der Waals surface area contributed by atoms with E-state index in [-0.39, 0.29) is 48.1 Å². The fraction of sp³-hybridized carbons (Fsp3) is 0.250. The van der Waals surface area contributed by atoms with Crippen LogP contribution in [-0.2, 0) is 9.59 Å². The molecule has 4 fully saturated rings. The third kappa shape index (κ3) is 8.07. The van der Waals surface area contributed by atoms with Crippen molar-refractivity contribution in [1.29, 1.82) is 0 Å². The summed E-state index contributed by atoms with van der Waals surface area (Å²) in [6.07, 6.45) is 11.7. The van der Waals surface area contributed by atoms with Crippen molar-refractivity contribution in [2.75, 3.05) is 31.6 Å². The highest BCUT2D eigenvalue weighted by Crippen LogP contribution is 2.48. The quantitative estimate of drug-likeness (QED) is 0.118. The van der Waals surface area contributed by atoms with Crippen LogP contribution in [0.15, 0.2) is 159 Å². The molecule has 0 spiro atoms. The van der Waals surface area contributed by atoms with E-state index < -0.39 is 0 Å². The van der Waals surface area contributed by atoms with E-state index >= 15 is 0 Å². The molecular weight excluding hydrogens is 905 g/mol. The molecule has 4 aliphatic rings. The maximum Gasteiger partial charge on any atom is 0.246 e. The average molecular weight is 961 g/mol. The Balaban J connectivity index is 0.000000156. The molecular formula is C56H56N12O4. The molecule has 8 heterocycles. The lowest BCUT2D eigenvalue weighted by Crippen LogP contribution is -2.52. The number of imidazole rings is 2. The van der Waals surface area contributed by atoms with Gasteiger partial charge in [0, 0.05) is 79.2 Å². The second kappa shape index (κ2) is 18.8. The highest BCUT2D eigenvalue weighted by molar-refractivity contribution is 5.90. The molecule has 16 nitrogen and oxygen atoms in total. The number of benzene rings is 4. The Bertz CT molecular complexity index is 3320. The van der Waals surface area contributed by atoms with Gasteiger partial charge in [-0.25, -0.2) is 19.9 Å². The van der Waals surface area contributed by atoms with E-state index in [0.717, 1.165) is 94.1 Å². The van der Waals surface area contributed by atoms with Crippen molar-refractivity contribution < 1.29 is 19.1 Å². The number of carbonyl (C=O) groups is 2. The van der Waals surface area contributed by atoms with Gasteiger partial charge in [-0.1, -0.05) is 49.6 Å². The zero-order chi connectivity index (χ0) is 49.8. The van der Waals surface area contributed by atoms with Crippen molar-refractivity contribution in [3.8, 4) is 45.5 Å². The van der Waals surface area contributed by atoms with Crippen molar-refractivity contribution >= 4 is 34.5 Å². The number of likely N-dealkylation sites (N-methyl/N-ethyl adjacent to an activating group) is 1. The summed E-state index contributed by atoms with van der Waals surface area (Å²) in [6, 6.07) is 35.5. The molecule has 0 saturated carbocycles. The fourth-order valence-electron chi connectivity index (χ4n) is 11.4. The molecule has 8 aromatic rings. The number of piperazine rings is 2. The normalized spacial score (nSPS) is 21.3. The molecule has 4 aromatic heterocycles. The number of nitrogens with two attached hydrogens (primary N) is 2. The number of hydrogen-bond donors (Lipinski definition) is 2. The van der Waals surface area contributed by atoms with Gasteiger partial charge in [-0.05, 0) is 119 Å². The molecule has 0 radical (unpaired) electrons. The van der Waals surface area contributed by atoms with Crippen molar-refractivity contribution in [3.05, 3.63) is 171 Å². The van der Waals surface area contributed by atoms with E-state index in [0.29, 0.717) is 17.7 Å². The number of rotatable bonds is 11. The predicted molar refractivity (Wildman–Crippen MR) is 277 cm³/mol. The second-order valence-corrected chi connectivity index (χ2v) is 19.0. The minimum Gasteiger partial charge on any atom is -0.457 e. The minimum atomic E-state index is -0.213. The minimum absolute atomic E-state index is 0.0661. The Kier molecular flexibility index (Phi) is 12.0. The number of nitrogen functional groups attached to an aromatic ring is 2. The summed E-state index contributed by atoms with van der Waals surface area (Å²) in [5.41, 5.74) is 17.5. The first-order valence-corrected chi connectivity index (χ1v) is 24.3. The van der Waals surface area contributed by atoms with E-state index in [1.807, 2.05) is 140 Å². The van der Waals surface area contributed by atoms with E-state index in [1.54, 1.807) is 12.4 Å². The predicted octanol–water partition coefficient (Wildman–Crippen LogP) is 8.60. The molecule has 4 saturated heterocycles. The van der Waals surface area contributed by atoms with Gasteiger partial charge in [0.2, 0.25) is 11.8 Å². The lowest BCUT2D eigenvalue weighted by atomic mass is 10.1. The fourth-order valence-corrected chi connectivity index (χ4v) is 11.4. The Morgan fingerprint density at radius 1 is 0.611 bits per heavy atom. The van der Waals surface area contributed by atoms with Gasteiger partial charge in [0.15, 0.2) is 0 Å². The van der Waals surface area contributed by atoms with Crippen molar-refractivity contribution in [2.45, 2.75) is 69.0 Å². The largest absolute Gasteiger partial charge is 0.457 e. The van der Waals surface area contributed by atoms with Gasteiger partial charge in [0.1, 0.15) is 80.8 Å². The molecule has 12 rings (SSSR count). The van der Waals surface area contributed by atoms with Gasteiger partial charge in [0.05, 0.1) is 0 Å². The molecule has 4 unspecified atom stereocenters.